The number of hydrogen-bond donors (Lipinski definition) is 2. The highest BCUT2D eigenvalue weighted by Crippen LogP contribution is 2.07. The van der Waals surface area contributed by atoms with E-state index in [0.29, 0.717) is 13.1 Å². The molecule has 0 aromatic heterocycles. The number of amides is 2. The van der Waals surface area contributed by atoms with Crippen LogP contribution in [0.1, 0.15) is 32.6 Å². The van der Waals surface area contributed by atoms with Crippen LogP contribution in [-0.2, 0) is 4.79 Å². The Morgan fingerprint density at radius 2 is 1.95 bits per heavy atom. The number of nitrogens with one attached hydrogen (secondary N) is 1. The van der Waals surface area contributed by atoms with Crippen LogP contribution < -0.4 is 5.32 Å². The third kappa shape index (κ3) is 6.42. The number of likely N-dealkylation sites (tertiary alicyclic amines) is 1. The predicted octanol–water partition coefficient (Wildman–Crippen LogP) is 0.979. The van der Waals surface area contributed by atoms with Gasteiger partial charge in [0, 0.05) is 19.6 Å². The number of carbonyl (C=O) groups is 2. The van der Waals surface area contributed by atoms with Crippen molar-refractivity contribution >= 4 is 12.0 Å². The zero-order valence-corrected chi connectivity index (χ0v) is 11.7. The fraction of sp³-hybridized carbons (Fsp3) is 0.846. The molecule has 19 heavy (non-hydrogen) atoms. The van der Waals surface area contributed by atoms with Gasteiger partial charge in [-0.2, -0.15) is 0 Å². The normalized spacial score (nSPS) is 16.1. The first-order chi connectivity index (χ1) is 9.13. The van der Waals surface area contributed by atoms with Crippen molar-refractivity contribution in [2.75, 3.05) is 39.3 Å². The molecular formula is C13H25N3O3. The molecule has 1 rings (SSSR count). The lowest BCUT2D eigenvalue weighted by Crippen LogP contribution is -2.45. The van der Waals surface area contributed by atoms with E-state index in [1.54, 1.807) is 0 Å². The predicted molar refractivity (Wildman–Crippen MR) is 73.2 cm³/mol. The molecule has 1 saturated heterocycles. The summed E-state index contributed by atoms with van der Waals surface area (Å²) in [6, 6.07) is -0.277. The van der Waals surface area contributed by atoms with Gasteiger partial charge in [0.25, 0.3) is 0 Å². The number of rotatable bonds is 7. The SMILES string of the molecule is CCCN(CC(=O)O)C(=O)NCCN1CCCCC1. The standard InChI is InChI=1S/C13H25N3O3/c1-2-7-16(11-12(17)18)13(19)14-6-10-15-8-4-3-5-9-15/h2-11H2,1H3,(H,14,19)(H,17,18). The molecule has 0 aromatic carbocycles. The van der Waals surface area contributed by atoms with E-state index in [1.807, 2.05) is 6.92 Å². The summed E-state index contributed by atoms with van der Waals surface area (Å²) in [6.45, 7) is 5.80. The smallest absolute Gasteiger partial charge is 0.323 e. The maximum atomic E-state index is 11.8. The Hall–Kier alpha value is -1.30. The van der Waals surface area contributed by atoms with Crippen LogP contribution in [-0.4, -0.2) is 66.2 Å². The first-order valence-corrected chi connectivity index (χ1v) is 7.10. The van der Waals surface area contributed by atoms with Gasteiger partial charge in [-0.1, -0.05) is 13.3 Å². The molecule has 6 heteroatoms. The van der Waals surface area contributed by atoms with Gasteiger partial charge >= 0.3 is 12.0 Å². The highest BCUT2D eigenvalue weighted by atomic mass is 16.4. The minimum atomic E-state index is -0.973. The van der Waals surface area contributed by atoms with Gasteiger partial charge in [-0.3, -0.25) is 4.79 Å². The van der Waals surface area contributed by atoms with Gasteiger partial charge in [0.15, 0.2) is 0 Å². The molecule has 6 nitrogen and oxygen atoms in total. The van der Waals surface area contributed by atoms with Gasteiger partial charge in [0.05, 0.1) is 0 Å². The first kappa shape index (κ1) is 15.8. The Labute approximate surface area is 114 Å². The summed E-state index contributed by atoms with van der Waals surface area (Å²) in [6.07, 6.45) is 4.52. The van der Waals surface area contributed by atoms with Crippen molar-refractivity contribution in [3.8, 4) is 0 Å². The van der Waals surface area contributed by atoms with E-state index < -0.39 is 5.97 Å². The molecule has 0 bridgehead atoms. The maximum absolute atomic E-state index is 11.8. The number of nitrogens with zero attached hydrogens (tertiary/aromatic N) is 2. The topological polar surface area (TPSA) is 72.9 Å². The summed E-state index contributed by atoms with van der Waals surface area (Å²) in [7, 11) is 0. The summed E-state index contributed by atoms with van der Waals surface area (Å²) >= 11 is 0. The fourth-order valence-electron chi connectivity index (χ4n) is 2.30. The van der Waals surface area contributed by atoms with E-state index >= 15 is 0 Å². The summed E-state index contributed by atoms with van der Waals surface area (Å²) < 4.78 is 0. The van der Waals surface area contributed by atoms with E-state index in [1.165, 1.54) is 24.2 Å². The highest BCUT2D eigenvalue weighted by molar-refractivity contribution is 5.80. The average molecular weight is 271 g/mol. The molecule has 0 aliphatic carbocycles. The van der Waals surface area contributed by atoms with Crippen LogP contribution in [0.25, 0.3) is 0 Å². The second-order valence-corrected chi connectivity index (χ2v) is 4.95. The van der Waals surface area contributed by atoms with Crippen LogP contribution in [0.15, 0.2) is 0 Å². The zero-order valence-electron chi connectivity index (χ0n) is 11.7. The van der Waals surface area contributed by atoms with Crippen LogP contribution in [0.3, 0.4) is 0 Å². The monoisotopic (exact) mass is 271 g/mol. The second-order valence-electron chi connectivity index (χ2n) is 4.95. The van der Waals surface area contributed by atoms with Gasteiger partial charge in [0.1, 0.15) is 6.54 Å². The number of carboxylic acid groups (broad SMARTS) is 1. The molecule has 0 atom stereocenters. The van der Waals surface area contributed by atoms with Crippen LogP contribution in [0.2, 0.25) is 0 Å². The third-order valence-corrected chi connectivity index (χ3v) is 3.26. The van der Waals surface area contributed by atoms with E-state index in [0.717, 1.165) is 26.1 Å². The van der Waals surface area contributed by atoms with Crippen molar-refractivity contribution in [2.24, 2.45) is 0 Å². The van der Waals surface area contributed by atoms with Crippen LogP contribution >= 0.6 is 0 Å². The summed E-state index contributed by atoms with van der Waals surface area (Å²) in [4.78, 5) is 26.2. The van der Waals surface area contributed by atoms with Crippen molar-refractivity contribution < 1.29 is 14.7 Å². The fourth-order valence-corrected chi connectivity index (χ4v) is 2.30. The number of hydrogen-bond acceptors (Lipinski definition) is 3. The molecule has 1 aliphatic heterocycles. The minimum absolute atomic E-state index is 0.233. The molecule has 0 saturated carbocycles. The molecule has 2 amide bonds. The van der Waals surface area contributed by atoms with Gasteiger partial charge in [-0.25, -0.2) is 4.79 Å². The maximum Gasteiger partial charge on any atom is 0.323 e. The lowest BCUT2D eigenvalue weighted by atomic mass is 10.1. The second kappa shape index (κ2) is 8.74. The average Bonchev–Trinajstić information content (AvgIpc) is 2.39. The van der Waals surface area contributed by atoms with Crippen molar-refractivity contribution in [1.29, 1.82) is 0 Å². The van der Waals surface area contributed by atoms with Crippen molar-refractivity contribution in [3.05, 3.63) is 0 Å². The Bertz CT molecular complexity index is 291. The Kier molecular flexibility index (Phi) is 7.25. The van der Waals surface area contributed by atoms with Crippen molar-refractivity contribution in [3.63, 3.8) is 0 Å². The highest BCUT2D eigenvalue weighted by Gasteiger charge is 2.16. The number of urea groups is 1. The Balaban J connectivity index is 2.24. The largest absolute Gasteiger partial charge is 0.480 e. The van der Waals surface area contributed by atoms with E-state index in [4.69, 9.17) is 5.11 Å². The Morgan fingerprint density at radius 1 is 1.26 bits per heavy atom. The van der Waals surface area contributed by atoms with Crippen LogP contribution in [0.5, 0.6) is 0 Å². The van der Waals surface area contributed by atoms with Crippen LogP contribution in [0.4, 0.5) is 4.79 Å². The number of carbonyl (C=O) groups excluding carboxylic acids is 1. The van der Waals surface area contributed by atoms with Gasteiger partial charge < -0.3 is 20.2 Å². The molecule has 1 aliphatic rings. The Morgan fingerprint density at radius 3 is 2.53 bits per heavy atom. The molecular weight excluding hydrogens is 246 g/mol. The number of aliphatic carboxylic acids is 1. The molecule has 1 heterocycles. The van der Waals surface area contributed by atoms with E-state index in [-0.39, 0.29) is 12.6 Å². The summed E-state index contributed by atoms with van der Waals surface area (Å²) in [5.41, 5.74) is 0. The quantitative estimate of drug-likeness (QED) is 0.724. The molecule has 0 radical (unpaired) electrons. The number of carboxylic acids is 1. The molecule has 2 N–H and O–H groups in total. The lowest BCUT2D eigenvalue weighted by molar-refractivity contribution is -0.137. The lowest BCUT2D eigenvalue weighted by Gasteiger charge is -2.27. The van der Waals surface area contributed by atoms with Crippen molar-refractivity contribution in [2.45, 2.75) is 32.6 Å². The molecule has 0 unspecified atom stereocenters. The number of piperidine rings is 1. The summed E-state index contributed by atoms with van der Waals surface area (Å²) in [5.74, 6) is -0.973. The molecule has 0 aromatic rings. The van der Waals surface area contributed by atoms with E-state index in [2.05, 4.69) is 10.2 Å². The summed E-state index contributed by atoms with van der Waals surface area (Å²) in [5, 5.41) is 11.6. The van der Waals surface area contributed by atoms with Gasteiger partial charge in [-0.15, -0.1) is 0 Å². The third-order valence-electron chi connectivity index (χ3n) is 3.26. The van der Waals surface area contributed by atoms with Crippen LogP contribution in [0, 0.1) is 0 Å². The zero-order chi connectivity index (χ0) is 14.1. The van der Waals surface area contributed by atoms with Gasteiger partial charge in [0.2, 0.25) is 0 Å². The molecule has 0 spiro atoms. The first-order valence-electron chi connectivity index (χ1n) is 7.10. The van der Waals surface area contributed by atoms with E-state index in [9.17, 15) is 9.59 Å². The van der Waals surface area contributed by atoms with Gasteiger partial charge in [-0.05, 0) is 32.4 Å². The molecule has 110 valence electrons. The minimum Gasteiger partial charge on any atom is -0.480 e. The molecule has 1 fully saturated rings. The van der Waals surface area contributed by atoms with Crippen molar-refractivity contribution in [1.82, 2.24) is 15.1 Å².